The number of halogens is 1. The third-order valence-corrected chi connectivity index (χ3v) is 4.47. The Bertz CT molecular complexity index is 1140. The Hall–Kier alpha value is -3.25. The first-order chi connectivity index (χ1) is 13.6. The van der Waals surface area contributed by atoms with Gasteiger partial charge in [0.1, 0.15) is 0 Å². The lowest BCUT2D eigenvalue weighted by molar-refractivity contribution is 0.0439. The molecule has 140 valence electrons. The predicted molar refractivity (Wildman–Crippen MR) is 105 cm³/mol. The lowest BCUT2D eigenvalue weighted by Gasteiger charge is -2.09. The second-order valence-corrected chi connectivity index (χ2v) is 6.53. The van der Waals surface area contributed by atoms with Gasteiger partial charge < -0.3 is 9.15 Å². The van der Waals surface area contributed by atoms with Gasteiger partial charge in [0.2, 0.25) is 5.89 Å². The van der Waals surface area contributed by atoms with Gasteiger partial charge in [-0.15, -0.1) is 10.2 Å². The van der Waals surface area contributed by atoms with Crippen molar-refractivity contribution in [2.45, 2.75) is 20.0 Å². The van der Waals surface area contributed by atoms with Gasteiger partial charge in [-0.05, 0) is 24.3 Å². The Morgan fingerprint density at radius 1 is 1.07 bits per heavy atom. The van der Waals surface area contributed by atoms with Crippen LogP contribution in [-0.2, 0) is 17.8 Å². The lowest BCUT2D eigenvalue weighted by atomic mass is 10.0. The number of carbonyl (C=O) groups is 1. The molecule has 4 aromatic rings. The first kappa shape index (κ1) is 18.1. The number of aryl methyl sites for hydroxylation is 1. The van der Waals surface area contributed by atoms with Gasteiger partial charge in [0, 0.05) is 22.4 Å². The SMILES string of the molecule is CCc1nnc(COC(=O)c2cc(-c3ccc(Cl)cc3)nc3ccccc23)o1. The van der Waals surface area contributed by atoms with E-state index in [9.17, 15) is 4.79 Å². The number of para-hydroxylation sites is 1. The molecule has 0 saturated carbocycles. The van der Waals surface area contributed by atoms with Crippen molar-refractivity contribution >= 4 is 28.5 Å². The average molecular weight is 394 g/mol. The Morgan fingerprint density at radius 2 is 1.82 bits per heavy atom. The van der Waals surface area contributed by atoms with Gasteiger partial charge in [0.05, 0.1) is 16.8 Å². The number of carbonyl (C=O) groups excluding carboxylic acids is 1. The van der Waals surface area contributed by atoms with Gasteiger partial charge in [-0.25, -0.2) is 9.78 Å². The van der Waals surface area contributed by atoms with Gasteiger partial charge in [0.25, 0.3) is 5.89 Å². The van der Waals surface area contributed by atoms with Crippen molar-refractivity contribution in [2.75, 3.05) is 0 Å². The van der Waals surface area contributed by atoms with Gasteiger partial charge in [0.15, 0.2) is 6.61 Å². The number of hydrogen-bond acceptors (Lipinski definition) is 6. The zero-order valence-electron chi connectivity index (χ0n) is 15.1. The Kier molecular flexibility index (Phi) is 5.04. The van der Waals surface area contributed by atoms with Crippen LogP contribution in [0.15, 0.2) is 59.0 Å². The molecule has 0 fully saturated rings. The molecule has 0 radical (unpaired) electrons. The van der Waals surface area contributed by atoms with E-state index in [-0.39, 0.29) is 12.5 Å². The van der Waals surface area contributed by atoms with Crippen molar-refractivity contribution in [1.82, 2.24) is 15.2 Å². The van der Waals surface area contributed by atoms with Crippen LogP contribution in [0.5, 0.6) is 0 Å². The fraction of sp³-hybridized carbons (Fsp3) is 0.143. The number of hydrogen-bond donors (Lipinski definition) is 0. The summed E-state index contributed by atoms with van der Waals surface area (Å²) in [6.45, 7) is 1.82. The molecule has 2 aromatic carbocycles. The number of aromatic nitrogens is 3. The summed E-state index contributed by atoms with van der Waals surface area (Å²) in [5.41, 5.74) is 2.64. The summed E-state index contributed by atoms with van der Waals surface area (Å²) in [5, 5.41) is 9.08. The molecule has 2 heterocycles. The third-order valence-electron chi connectivity index (χ3n) is 4.21. The minimum atomic E-state index is -0.481. The van der Waals surface area contributed by atoms with Gasteiger partial charge in [-0.3, -0.25) is 0 Å². The van der Waals surface area contributed by atoms with E-state index in [4.69, 9.17) is 20.8 Å². The maximum absolute atomic E-state index is 12.8. The summed E-state index contributed by atoms with van der Waals surface area (Å²) in [7, 11) is 0. The zero-order valence-corrected chi connectivity index (χ0v) is 15.8. The van der Waals surface area contributed by atoms with Crippen molar-refractivity contribution in [2.24, 2.45) is 0 Å². The Labute approximate surface area is 166 Å². The number of nitrogens with zero attached hydrogens (tertiary/aromatic N) is 3. The highest BCUT2D eigenvalue weighted by Crippen LogP contribution is 2.26. The molecule has 0 bridgehead atoms. The molecule has 0 saturated heterocycles. The number of ether oxygens (including phenoxy) is 1. The van der Waals surface area contributed by atoms with Crippen molar-refractivity contribution in [3.05, 3.63) is 77.0 Å². The van der Waals surface area contributed by atoms with E-state index in [1.165, 1.54) is 0 Å². The molecule has 0 N–H and O–H groups in total. The van der Waals surface area contributed by atoms with Gasteiger partial charge >= 0.3 is 5.97 Å². The van der Waals surface area contributed by atoms with Crippen LogP contribution < -0.4 is 0 Å². The number of pyridine rings is 1. The van der Waals surface area contributed by atoms with E-state index in [0.29, 0.717) is 39.5 Å². The number of rotatable bonds is 5. The van der Waals surface area contributed by atoms with Crippen LogP contribution in [0.4, 0.5) is 0 Å². The topological polar surface area (TPSA) is 78.1 Å². The van der Waals surface area contributed by atoms with E-state index in [0.717, 1.165) is 5.56 Å². The van der Waals surface area contributed by atoms with E-state index in [1.807, 2.05) is 43.3 Å². The molecule has 2 aromatic heterocycles. The molecule has 7 heteroatoms. The van der Waals surface area contributed by atoms with Crippen LogP contribution in [0.25, 0.3) is 22.2 Å². The lowest BCUT2D eigenvalue weighted by Crippen LogP contribution is -2.07. The fourth-order valence-electron chi connectivity index (χ4n) is 2.81. The Balaban J connectivity index is 1.68. The molecule has 0 aliphatic heterocycles. The second kappa shape index (κ2) is 7.78. The molecule has 0 aliphatic carbocycles. The summed E-state index contributed by atoms with van der Waals surface area (Å²) in [5.74, 6) is 0.289. The Morgan fingerprint density at radius 3 is 2.57 bits per heavy atom. The molecule has 0 unspecified atom stereocenters. The normalized spacial score (nSPS) is 10.9. The van der Waals surface area contributed by atoms with Crippen LogP contribution in [-0.4, -0.2) is 21.2 Å². The van der Waals surface area contributed by atoms with Crippen molar-refractivity contribution in [1.29, 1.82) is 0 Å². The summed E-state index contributed by atoms with van der Waals surface area (Å²) in [6, 6.07) is 16.4. The van der Waals surface area contributed by atoms with Crippen LogP contribution in [0.3, 0.4) is 0 Å². The molecule has 28 heavy (non-hydrogen) atoms. The molecule has 0 atom stereocenters. The molecule has 6 nitrogen and oxygen atoms in total. The quantitative estimate of drug-likeness (QED) is 0.451. The molecular formula is C21H16ClN3O3. The molecular weight excluding hydrogens is 378 g/mol. The van der Waals surface area contributed by atoms with E-state index < -0.39 is 5.97 Å². The number of benzene rings is 2. The van der Waals surface area contributed by atoms with Gasteiger partial charge in [-0.2, -0.15) is 0 Å². The van der Waals surface area contributed by atoms with E-state index >= 15 is 0 Å². The number of fused-ring (bicyclic) bond motifs is 1. The maximum Gasteiger partial charge on any atom is 0.339 e. The monoisotopic (exact) mass is 393 g/mol. The highest BCUT2D eigenvalue weighted by atomic mass is 35.5. The molecule has 0 spiro atoms. The minimum absolute atomic E-state index is 0.0846. The van der Waals surface area contributed by atoms with Crippen LogP contribution in [0.1, 0.15) is 29.1 Å². The largest absolute Gasteiger partial charge is 0.452 e. The average Bonchev–Trinajstić information content (AvgIpc) is 3.20. The van der Waals surface area contributed by atoms with Crippen LogP contribution in [0, 0.1) is 0 Å². The summed E-state index contributed by atoms with van der Waals surface area (Å²) in [6.07, 6.45) is 0.625. The van der Waals surface area contributed by atoms with E-state index in [1.54, 1.807) is 18.2 Å². The minimum Gasteiger partial charge on any atom is -0.452 e. The van der Waals surface area contributed by atoms with Crippen molar-refractivity contribution in [3.63, 3.8) is 0 Å². The summed E-state index contributed by atoms with van der Waals surface area (Å²) in [4.78, 5) is 17.4. The number of esters is 1. The van der Waals surface area contributed by atoms with Crippen molar-refractivity contribution < 1.29 is 13.9 Å². The summed E-state index contributed by atoms with van der Waals surface area (Å²) < 4.78 is 10.8. The fourth-order valence-corrected chi connectivity index (χ4v) is 2.93. The highest BCUT2D eigenvalue weighted by molar-refractivity contribution is 6.30. The van der Waals surface area contributed by atoms with E-state index in [2.05, 4.69) is 15.2 Å². The zero-order chi connectivity index (χ0) is 19.5. The van der Waals surface area contributed by atoms with Crippen LogP contribution in [0.2, 0.25) is 5.02 Å². The summed E-state index contributed by atoms with van der Waals surface area (Å²) >= 11 is 5.97. The predicted octanol–water partition coefficient (Wildman–Crippen LogP) is 4.86. The first-order valence-corrected chi connectivity index (χ1v) is 9.16. The molecule has 0 aliphatic rings. The van der Waals surface area contributed by atoms with Crippen molar-refractivity contribution in [3.8, 4) is 11.3 Å². The van der Waals surface area contributed by atoms with Crippen LogP contribution >= 0.6 is 11.6 Å². The first-order valence-electron chi connectivity index (χ1n) is 8.78. The molecule has 0 amide bonds. The third kappa shape index (κ3) is 3.73. The molecule has 4 rings (SSSR count). The van der Waals surface area contributed by atoms with Gasteiger partial charge in [-0.1, -0.05) is 48.9 Å². The second-order valence-electron chi connectivity index (χ2n) is 6.10. The smallest absolute Gasteiger partial charge is 0.339 e. The maximum atomic E-state index is 12.8. The standard InChI is InChI=1S/C21H16ClN3O3/c1-2-19-24-25-20(28-19)12-27-21(26)16-11-18(13-7-9-14(22)10-8-13)23-17-6-4-3-5-15(16)17/h3-11H,2,12H2,1H3. The highest BCUT2D eigenvalue weighted by Gasteiger charge is 2.16.